The van der Waals surface area contributed by atoms with E-state index in [0.717, 1.165) is 5.56 Å². The molecule has 0 unspecified atom stereocenters. The van der Waals surface area contributed by atoms with Crippen molar-refractivity contribution >= 4 is 35.0 Å². The van der Waals surface area contributed by atoms with E-state index in [1.165, 1.54) is 4.90 Å². The zero-order valence-electron chi connectivity index (χ0n) is 16.2. The van der Waals surface area contributed by atoms with Crippen LogP contribution in [0.3, 0.4) is 0 Å². The molecule has 4 rings (SSSR count). The molecule has 2 saturated heterocycles. The van der Waals surface area contributed by atoms with E-state index in [-0.39, 0.29) is 17.9 Å². The van der Waals surface area contributed by atoms with Crippen LogP contribution in [0.25, 0.3) is 0 Å². The highest BCUT2D eigenvalue weighted by molar-refractivity contribution is 6.31. The van der Waals surface area contributed by atoms with E-state index in [0.29, 0.717) is 22.7 Å². The summed E-state index contributed by atoms with van der Waals surface area (Å²) in [5.74, 6) is -2.83. The van der Waals surface area contributed by atoms with Crippen LogP contribution in [0.1, 0.15) is 38.3 Å². The third kappa shape index (κ3) is 2.27. The van der Waals surface area contributed by atoms with Gasteiger partial charge in [0.05, 0.1) is 17.9 Å². The lowest BCUT2D eigenvalue weighted by Crippen LogP contribution is -2.55. The summed E-state index contributed by atoms with van der Waals surface area (Å²) >= 11 is 6.27. The molecule has 0 aromatic heterocycles. The zero-order chi connectivity index (χ0) is 20.5. The van der Waals surface area contributed by atoms with Gasteiger partial charge in [-0.3, -0.25) is 24.6 Å². The van der Waals surface area contributed by atoms with Gasteiger partial charge < -0.3 is 10.4 Å². The fourth-order valence-electron chi connectivity index (χ4n) is 5.02. The van der Waals surface area contributed by atoms with E-state index < -0.39 is 35.4 Å². The van der Waals surface area contributed by atoms with Crippen LogP contribution in [0.5, 0.6) is 0 Å². The van der Waals surface area contributed by atoms with Gasteiger partial charge in [-0.25, -0.2) is 0 Å². The topological polar surface area (TPSA) is 98.7 Å². The lowest BCUT2D eigenvalue weighted by molar-refractivity contribution is -0.145. The fourth-order valence-corrected chi connectivity index (χ4v) is 5.29. The summed E-state index contributed by atoms with van der Waals surface area (Å²) in [7, 11) is 0. The van der Waals surface area contributed by atoms with E-state index in [4.69, 9.17) is 11.6 Å². The molecule has 1 spiro atoms. The van der Waals surface area contributed by atoms with Crippen LogP contribution in [-0.4, -0.2) is 45.9 Å². The maximum absolute atomic E-state index is 13.4. The molecule has 7 nitrogen and oxygen atoms in total. The maximum Gasteiger partial charge on any atom is 0.250 e. The number of halogens is 1. The molecule has 1 aromatic rings. The average molecular weight is 406 g/mol. The molecule has 8 heteroatoms. The first kappa shape index (κ1) is 19.4. The van der Waals surface area contributed by atoms with Crippen LogP contribution < -0.4 is 10.6 Å². The van der Waals surface area contributed by atoms with Crippen molar-refractivity contribution in [3.05, 3.63) is 28.3 Å². The van der Waals surface area contributed by atoms with Crippen LogP contribution in [0, 0.1) is 18.8 Å². The van der Waals surface area contributed by atoms with E-state index in [9.17, 15) is 19.5 Å². The monoisotopic (exact) mass is 405 g/mol. The van der Waals surface area contributed by atoms with Crippen molar-refractivity contribution in [1.29, 1.82) is 0 Å². The van der Waals surface area contributed by atoms with Crippen LogP contribution in [0.2, 0.25) is 5.02 Å². The molecule has 150 valence electrons. The highest BCUT2D eigenvalue weighted by Gasteiger charge is 2.71. The molecular weight excluding hydrogens is 382 g/mol. The molecule has 0 radical (unpaired) electrons. The standard InChI is InChI=1S/C20H24ClN3O4/c1-5-9(3)24-17(26)13-14(18(24)27)20(23-16(13)10(4)25)12-7-11(21)6-8(2)15(12)22-19(20)28/h6-7,9-10,13-14,16,23,25H,5H2,1-4H3,(H,22,28)/t9-,10-,13+,14+,16-,20-/m1/s1. The predicted molar refractivity (Wildman–Crippen MR) is 104 cm³/mol. The van der Waals surface area contributed by atoms with Crippen molar-refractivity contribution in [3.63, 3.8) is 0 Å². The summed E-state index contributed by atoms with van der Waals surface area (Å²) in [5.41, 5.74) is 0.524. The number of nitrogens with zero attached hydrogens (tertiary/aromatic N) is 1. The Morgan fingerprint density at radius 1 is 1.25 bits per heavy atom. The van der Waals surface area contributed by atoms with Crippen LogP contribution in [0.4, 0.5) is 5.69 Å². The largest absolute Gasteiger partial charge is 0.392 e. The van der Waals surface area contributed by atoms with Crippen molar-refractivity contribution in [2.45, 2.75) is 57.8 Å². The number of anilines is 1. The number of likely N-dealkylation sites (tertiary alicyclic amines) is 1. The third-order valence-electron chi connectivity index (χ3n) is 6.51. The summed E-state index contributed by atoms with van der Waals surface area (Å²) in [5, 5.41) is 16.9. The van der Waals surface area contributed by atoms with Gasteiger partial charge >= 0.3 is 0 Å². The number of aliphatic hydroxyl groups excluding tert-OH is 1. The second-order valence-electron chi connectivity index (χ2n) is 8.13. The summed E-state index contributed by atoms with van der Waals surface area (Å²) in [6.45, 7) is 7.11. The molecule has 0 bridgehead atoms. The number of nitrogens with one attached hydrogen (secondary N) is 2. The second-order valence-corrected chi connectivity index (χ2v) is 8.56. The SMILES string of the molecule is CC[C@@H](C)N1C(=O)[C@@H]2[C@@H]([C@@H](C)O)N[C@@]3(C(=O)Nc4c(C)cc(Cl)cc43)[C@@H]2C1=O. The minimum atomic E-state index is -1.42. The van der Waals surface area contributed by atoms with Gasteiger partial charge in [0.25, 0.3) is 0 Å². The lowest BCUT2D eigenvalue weighted by Gasteiger charge is -2.31. The Bertz CT molecular complexity index is 902. The molecule has 2 fully saturated rings. The minimum Gasteiger partial charge on any atom is -0.392 e. The van der Waals surface area contributed by atoms with Crippen molar-refractivity contribution in [2.24, 2.45) is 11.8 Å². The second kappa shape index (κ2) is 6.27. The smallest absolute Gasteiger partial charge is 0.250 e. The molecule has 3 amide bonds. The van der Waals surface area contributed by atoms with Gasteiger partial charge in [0.1, 0.15) is 5.54 Å². The predicted octanol–water partition coefficient (Wildman–Crippen LogP) is 1.55. The molecular formula is C20H24ClN3O4. The molecule has 28 heavy (non-hydrogen) atoms. The number of fused-ring (bicyclic) bond motifs is 4. The van der Waals surface area contributed by atoms with Gasteiger partial charge in [-0.2, -0.15) is 0 Å². The summed E-state index contributed by atoms with van der Waals surface area (Å²) in [4.78, 5) is 41.1. The number of carbonyl (C=O) groups excluding carboxylic acids is 3. The number of carbonyl (C=O) groups is 3. The van der Waals surface area contributed by atoms with Gasteiger partial charge in [-0.1, -0.05) is 18.5 Å². The number of imide groups is 1. The Morgan fingerprint density at radius 3 is 2.54 bits per heavy atom. The molecule has 6 atom stereocenters. The molecule has 0 saturated carbocycles. The molecule has 3 heterocycles. The van der Waals surface area contributed by atoms with E-state index in [2.05, 4.69) is 10.6 Å². The normalized spacial score (nSPS) is 33.3. The Morgan fingerprint density at radius 2 is 1.93 bits per heavy atom. The first-order valence-corrected chi connectivity index (χ1v) is 9.97. The van der Waals surface area contributed by atoms with Gasteiger partial charge in [0.2, 0.25) is 17.7 Å². The van der Waals surface area contributed by atoms with Crippen molar-refractivity contribution in [1.82, 2.24) is 10.2 Å². The van der Waals surface area contributed by atoms with E-state index in [1.807, 2.05) is 20.8 Å². The van der Waals surface area contributed by atoms with E-state index >= 15 is 0 Å². The van der Waals surface area contributed by atoms with Crippen LogP contribution in [0.15, 0.2) is 12.1 Å². The Balaban J connectivity index is 1.94. The van der Waals surface area contributed by atoms with E-state index in [1.54, 1.807) is 19.1 Å². The first-order valence-electron chi connectivity index (χ1n) is 9.59. The maximum atomic E-state index is 13.4. The number of aryl methyl sites for hydroxylation is 1. The van der Waals surface area contributed by atoms with Crippen molar-refractivity contribution < 1.29 is 19.5 Å². The number of hydrogen-bond donors (Lipinski definition) is 3. The highest BCUT2D eigenvalue weighted by Crippen LogP contribution is 2.54. The number of aliphatic hydroxyl groups is 1. The molecule has 3 aliphatic rings. The third-order valence-corrected chi connectivity index (χ3v) is 6.72. The van der Waals surface area contributed by atoms with Crippen molar-refractivity contribution in [2.75, 3.05) is 5.32 Å². The van der Waals surface area contributed by atoms with Gasteiger partial charge in [0.15, 0.2) is 0 Å². The van der Waals surface area contributed by atoms with Gasteiger partial charge in [0, 0.05) is 28.4 Å². The van der Waals surface area contributed by atoms with Crippen LogP contribution >= 0.6 is 11.6 Å². The molecule has 1 aromatic carbocycles. The fraction of sp³-hybridized carbons (Fsp3) is 0.550. The Labute approximate surface area is 168 Å². The van der Waals surface area contributed by atoms with Crippen molar-refractivity contribution in [3.8, 4) is 0 Å². The average Bonchev–Trinajstić information content (AvgIpc) is 3.21. The first-order chi connectivity index (χ1) is 13.1. The Hall–Kier alpha value is -1.96. The summed E-state index contributed by atoms with van der Waals surface area (Å²) < 4.78 is 0. The van der Waals surface area contributed by atoms with Gasteiger partial charge in [-0.15, -0.1) is 0 Å². The summed E-state index contributed by atoms with van der Waals surface area (Å²) in [6, 6.07) is 2.42. The zero-order valence-corrected chi connectivity index (χ0v) is 17.0. The quantitative estimate of drug-likeness (QED) is 0.663. The Kier molecular flexibility index (Phi) is 4.34. The number of rotatable bonds is 3. The molecule has 3 N–H and O–H groups in total. The number of hydrogen-bond acceptors (Lipinski definition) is 5. The van der Waals surface area contributed by atoms with Gasteiger partial charge in [-0.05, 0) is 44.9 Å². The minimum absolute atomic E-state index is 0.276. The molecule has 0 aliphatic carbocycles. The lowest BCUT2D eigenvalue weighted by atomic mass is 9.76. The number of benzene rings is 1. The molecule has 3 aliphatic heterocycles. The van der Waals surface area contributed by atoms with Crippen LogP contribution in [-0.2, 0) is 19.9 Å². The highest BCUT2D eigenvalue weighted by atomic mass is 35.5. The number of amides is 3. The summed E-state index contributed by atoms with van der Waals surface area (Å²) in [6.07, 6.45) is -0.303.